The predicted molar refractivity (Wildman–Crippen MR) is 72.5 cm³/mol. The van der Waals surface area contributed by atoms with Crippen molar-refractivity contribution in [3.8, 4) is 0 Å². The number of carboxylic acid groups (broad SMARTS) is 1. The number of hydrogen-bond donors (Lipinski definition) is 1. The number of carboxylic acids is 1. The van der Waals surface area contributed by atoms with Crippen LogP contribution in [0.25, 0.3) is 0 Å². The minimum atomic E-state index is -0.584. The molecule has 3 unspecified atom stereocenters. The third kappa shape index (κ3) is 2.87. The van der Waals surface area contributed by atoms with Gasteiger partial charge in [-0.05, 0) is 43.6 Å². The predicted octanol–water partition coefficient (Wildman–Crippen LogP) is 3.00. The molecule has 1 N–H and O–H groups in total. The van der Waals surface area contributed by atoms with E-state index in [1.807, 2.05) is 0 Å². The van der Waals surface area contributed by atoms with Crippen LogP contribution in [0.2, 0.25) is 0 Å². The van der Waals surface area contributed by atoms with Gasteiger partial charge >= 0.3 is 5.97 Å². The van der Waals surface area contributed by atoms with Gasteiger partial charge in [0.05, 0.1) is 5.92 Å². The molecule has 1 saturated heterocycles. The maximum atomic E-state index is 11.5. The molecule has 1 aliphatic carbocycles. The summed E-state index contributed by atoms with van der Waals surface area (Å²) in [5, 5.41) is 9.43. The molecule has 0 bridgehead atoms. The highest BCUT2D eigenvalue weighted by Crippen LogP contribution is 2.39. The van der Waals surface area contributed by atoms with E-state index in [1.165, 1.54) is 12.8 Å². The second kappa shape index (κ2) is 5.20. The minimum Gasteiger partial charge on any atom is -0.481 e. The van der Waals surface area contributed by atoms with Crippen molar-refractivity contribution in [1.29, 1.82) is 0 Å². The Labute approximate surface area is 111 Å². The van der Waals surface area contributed by atoms with Crippen LogP contribution >= 0.6 is 0 Å². The van der Waals surface area contributed by atoms with E-state index >= 15 is 0 Å². The lowest BCUT2D eigenvalue weighted by atomic mass is 9.76. The van der Waals surface area contributed by atoms with Gasteiger partial charge in [0, 0.05) is 12.6 Å². The molecular weight excluding hydrogens is 226 g/mol. The number of aliphatic carboxylic acids is 1. The van der Waals surface area contributed by atoms with Gasteiger partial charge < -0.3 is 5.11 Å². The summed E-state index contributed by atoms with van der Waals surface area (Å²) < 4.78 is 0. The second-order valence-corrected chi connectivity index (χ2v) is 6.98. The summed E-state index contributed by atoms with van der Waals surface area (Å²) in [6.45, 7) is 8.97. The zero-order valence-electron chi connectivity index (χ0n) is 12.0. The highest BCUT2D eigenvalue weighted by molar-refractivity contribution is 5.71. The molecule has 1 saturated carbocycles. The lowest BCUT2D eigenvalue weighted by Gasteiger charge is -2.39. The molecule has 2 aliphatic rings. The van der Waals surface area contributed by atoms with Crippen LogP contribution in [0.5, 0.6) is 0 Å². The monoisotopic (exact) mass is 253 g/mol. The Morgan fingerprint density at radius 1 is 1.39 bits per heavy atom. The van der Waals surface area contributed by atoms with Crippen molar-refractivity contribution >= 4 is 5.97 Å². The van der Waals surface area contributed by atoms with Crippen LogP contribution in [-0.4, -0.2) is 35.1 Å². The summed E-state index contributed by atoms with van der Waals surface area (Å²) in [4.78, 5) is 13.9. The Morgan fingerprint density at radius 3 is 2.61 bits per heavy atom. The Morgan fingerprint density at radius 2 is 2.11 bits per heavy atom. The molecule has 3 heteroatoms. The molecule has 1 aliphatic heterocycles. The summed E-state index contributed by atoms with van der Waals surface area (Å²) in [5.41, 5.74) is 0.363. The summed E-state index contributed by atoms with van der Waals surface area (Å²) in [5.74, 6) is 0.00951. The highest BCUT2D eigenvalue weighted by Gasteiger charge is 2.41. The Hall–Kier alpha value is -0.570. The number of likely N-dealkylation sites (tertiary alicyclic amines) is 1. The summed E-state index contributed by atoms with van der Waals surface area (Å²) in [7, 11) is 0. The molecule has 3 nitrogen and oxygen atoms in total. The number of carbonyl (C=O) groups is 1. The van der Waals surface area contributed by atoms with Crippen LogP contribution in [0.4, 0.5) is 0 Å². The molecule has 1 heterocycles. The molecule has 3 atom stereocenters. The van der Waals surface area contributed by atoms with E-state index in [0.29, 0.717) is 5.41 Å². The van der Waals surface area contributed by atoms with Crippen molar-refractivity contribution in [2.75, 3.05) is 13.1 Å². The Balaban J connectivity index is 2.08. The van der Waals surface area contributed by atoms with Crippen LogP contribution < -0.4 is 0 Å². The normalized spacial score (nSPS) is 36.7. The lowest BCUT2D eigenvalue weighted by Crippen LogP contribution is -2.46. The quantitative estimate of drug-likeness (QED) is 0.840. The summed E-state index contributed by atoms with van der Waals surface area (Å²) in [6, 6.07) is 0.281. The van der Waals surface area contributed by atoms with Gasteiger partial charge in [-0.25, -0.2) is 0 Å². The van der Waals surface area contributed by atoms with Crippen molar-refractivity contribution in [2.45, 2.75) is 58.9 Å². The van der Waals surface area contributed by atoms with E-state index < -0.39 is 5.97 Å². The molecule has 104 valence electrons. The third-order valence-corrected chi connectivity index (χ3v) is 5.00. The Bertz CT molecular complexity index is 314. The summed E-state index contributed by atoms with van der Waals surface area (Å²) in [6.07, 6.45) is 5.45. The minimum absolute atomic E-state index is 0.137. The maximum absolute atomic E-state index is 11.5. The molecule has 2 rings (SSSR count). The fourth-order valence-electron chi connectivity index (χ4n) is 3.73. The molecule has 18 heavy (non-hydrogen) atoms. The molecule has 0 amide bonds. The van der Waals surface area contributed by atoms with Gasteiger partial charge in [-0.2, -0.15) is 0 Å². The third-order valence-electron chi connectivity index (χ3n) is 5.00. The first-order valence-corrected chi connectivity index (χ1v) is 7.40. The number of nitrogens with zero attached hydrogens (tertiary/aromatic N) is 1. The molecule has 0 aromatic carbocycles. The fourth-order valence-corrected chi connectivity index (χ4v) is 3.73. The molecule has 0 radical (unpaired) electrons. The van der Waals surface area contributed by atoms with Crippen LogP contribution in [0.1, 0.15) is 52.9 Å². The molecule has 0 aromatic heterocycles. The van der Waals surface area contributed by atoms with E-state index in [1.54, 1.807) is 0 Å². The molecule has 2 fully saturated rings. The Kier molecular flexibility index (Phi) is 4.00. The van der Waals surface area contributed by atoms with E-state index in [9.17, 15) is 9.90 Å². The average molecular weight is 253 g/mol. The molecular formula is C15H27NO2. The largest absolute Gasteiger partial charge is 0.481 e. The van der Waals surface area contributed by atoms with Gasteiger partial charge in [-0.1, -0.05) is 27.2 Å². The van der Waals surface area contributed by atoms with E-state index in [0.717, 1.165) is 38.3 Å². The van der Waals surface area contributed by atoms with E-state index in [-0.39, 0.29) is 12.0 Å². The number of rotatable bonds is 3. The standard InChI is InChI=1S/C15H27NO2/c1-4-11-5-6-12(14(17)18)13(9-11)16-8-7-15(2,3)10-16/h11-13H,4-10H2,1-3H3,(H,17,18). The topological polar surface area (TPSA) is 40.5 Å². The first-order chi connectivity index (χ1) is 8.43. The van der Waals surface area contributed by atoms with Crippen LogP contribution in [0.3, 0.4) is 0 Å². The zero-order valence-corrected chi connectivity index (χ0v) is 12.0. The zero-order chi connectivity index (χ0) is 13.3. The number of hydrogen-bond acceptors (Lipinski definition) is 2. The highest BCUT2D eigenvalue weighted by atomic mass is 16.4. The van der Waals surface area contributed by atoms with E-state index in [4.69, 9.17) is 0 Å². The lowest BCUT2D eigenvalue weighted by molar-refractivity contribution is -0.146. The van der Waals surface area contributed by atoms with Crippen LogP contribution in [0.15, 0.2) is 0 Å². The van der Waals surface area contributed by atoms with Crippen molar-refractivity contribution < 1.29 is 9.90 Å². The van der Waals surface area contributed by atoms with E-state index in [2.05, 4.69) is 25.7 Å². The van der Waals surface area contributed by atoms with Crippen LogP contribution in [0, 0.1) is 17.3 Å². The van der Waals surface area contributed by atoms with Crippen molar-refractivity contribution in [3.05, 3.63) is 0 Å². The maximum Gasteiger partial charge on any atom is 0.308 e. The summed E-state index contributed by atoms with van der Waals surface area (Å²) >= 11 is 0. The van der Waals surface area contributed by atoms with Gasteiger partial charge in [0.15, 0.2) is 0 Å². The fraction of sp³-hybridized carbons (Fsp3) is 0.933. The van der Waals surface area contributed by atoms with Crippen molar-refractivity contribution in [1.82, 2.24) is 4.90 Å². The van der Waals surface area contributed by atoms with Crippen LogP contribution in [-0.2, 0) is 4.79 Å². The van der Waals surface area contributed by atoms with Gasteiger partial charge in [-0.15, -0.1) is 0 Å². The SMILES string of the molecule is CCC1CCC(C(=O)O)C(N2CCC(C)(C)C2)C1. The van der Waals surface area contributed by atoms with Gasteiger partial charge in [0.2, 0.25) is 0 Å². The van der Waals surface area contributed by atoms with Gasteiger partial charge in [0.25, 0.3) is 0 Å². The molecule has 0 aromatic rings. The molecule has 0 spiro atoms. The van der Waals surface area contributed by atoms with Gasteiger partial charge in [0.1, 0.15) is 0 Å². The average Bonchev–Trinajstić information content (AvgIpc) is 2.68. The van der Waals surface area contributed by atoms with Crippen molar-refractivity contribution in [2.24, 2.45) is 17.3 Å². The first-order valence-electron chi connectivity index (χ1n) is 7.40. The smallest absolute Gasteiger partial charge is 0.308 e. The van der Waals surface area contributed by atoms with Gasteiger partial charge in [-0.3, -0.25) is 9.69 Å². The second-order valence-electron chi connectivity index (χ2n) is 6.98. The first kappa shape index (κ1) is 13.9. The van der Waals surface area contributed by atoms with Crippen molar-refractivity contribution in [3.63, 3.8) is 0 Å².